The number of thiocarbonyl (C=S) groups is 1. The van der Waals surface area contributed by atoms with Gasteiger partial charge in [0.05, 0.1) is 0 Å². The summed E-state index contributed by atoms with van der Waals surface area (Å²) in [6.45, 7) is 3.29. The van der Waals surface area contributed by atoms with Gasteiger partial charge in [0.15, 0.2) is 0 Å². The lowest BCUT2D eigenvalue weighted by Crippen LogP contribution is -2.30. The van der Waals surface area contributed by atoms with Crippen LogP contribution < -0.4 is 16.4 Å². The van der Waals surface area contributed by atoms with E-state index in [0.717, 1.165) is 29.7 Å². The topological polar surface area (TPSA) is 67.2 Å². The van der Waals surface area contributed by atoms with Gasteiger partial charge < -0.3 is 16.4 Å². The average Bonchev–Trinajstić information content (AvgIpc) is 3.18. The van der Waals surface area contributed by atoms with Crippen LogP contribution in [0.25, 0.3) is 0 Å². The second-order valence-corrected chi connectivity index (χ2v) is 5.35. The molecule has 0 saturated heterocycles. The van der Waals surface area contributed by atoms with Crippen LogP contribution in [0, 0.1) is 12.8 Å². The highest BCUT2D eigenvalue weighted by molar-refractivity contribution is 7.80. The lowest BCUT2D eigenvalue weighted by Gasteiger charge is -2.12. The van der Waals surface area contributed by atoms with Crippen LogP contribution in [0.4, 0.5) is 5.69 Å². The largest absolute Gasteiger partial charge is 0.389 e. The minimum Gasteiger partial charge on any atom is -0.389 e. The van der Waals surface area contributed by atoms with Crippen LogP contribution in [-0.2, 0) is 4.79 Å². The summed E-state index contributed by atoms with van der Waals surface area (Å²) in [7, 11) is 0. The maximum Gasteiger partial charge on any atom is 0.223 e. The van der Waals surface area contributed by atoms with Crippen LogP contribution in [-0.4, -0.2) is 24.0 Å². The summed E-state index contributed by atoms with van der Waals surface area (Å²) in [6, 6.07) is 5.91. The number of benzene rings is 1. The highest BCUT2D eigenvalue weighted by atomic mass is 32.1. The zero-order valence-corrected chi connectivity index (χ0v) is 11.8. The van der Waals surface area contributed by atoms with E-state index in [0.29, 0.717) is 18.1 Å². The Kier molecular flexibility index (Phi) is 4.37. The van der Waals surface area contributed by atoms with Crippen LogP contribution in [0.15, 0.2) is 18.2 Å². The number of rotatable bonds is 6. The third-order valence-corrected chi connectivity index (χ3v) is 3.35. The van der Waals surface area contributed by atoms with Crippen molar-refractivity contribution < 1.29 is 4.79 Å². The fourth-order valence-corrected chi connectivity index (χ4v) is 2.07. The quantitative estimate of drug-likeness (QED) is 0.545. The SMILES string of the molecule is Cc1ccc(C(N)=S)c(NCCNC(=O)C2CC2)c1. The van der Waals surface area contributed by atoms with E-state index in [1.54, 1.807) is 0 Å². The van der Waals surface area contributed by atoms with Gasteiger partial charge >= 0.3 is 0 Å². The number of nitrogens with two attached hydrogens (primary N) is 1. The number of carbonyl (C=O) groups excluding carboxylic acids is 1. The summed E-state index contributed by atoms with van der Waals surface area (Å²) in [4.78, 5) is 11.8. The van der Waals surface area contributed by atoms with E-state index in [2.05, 4.69) is 10.6 Å². The van der Waals surface area contributed by atoms with Crippen molar-refractivity contribution >= 4 is 28.8 Å². The molecule has 5 heteroatoms. The Labute approximate surface area is 118 Å². The van der Waals surface area contributed by atoms with Crippen LogP contribution in [0.1, 0.15) is 24.0 Å². The molecule has 0 atom stereocenters. The van der Waals surface area contributed by atoms with Gasteiger partial charge in [-0.1, -0.05) is 18.3 Å². The van der Waals surface area contributed by atoms with Crippen molar-refractivity contribution in [3.8, 4) is 0 Å². The molecule has 1 aliphatic carbocycles. The molecule has 1 aromatic rings. The van der Waals surface area contributed by atoms with Crippen LogP contribution in [0.2, 0.25) is 0 Å². The molecular weight excluding hydrogens is 258 g/mol. The van der Waals surface area contributed by atoms with E-state index in [1.165, 1.54) is 0 Å². The highest BCUT2D eigenvalue weighted by Gasteiger charge is 2.28. The molecule has 4 nitrogen and oxygen atoms in total. The van der Waals surface area contributed by atoms with E-state index in [1.807, 2.05) is 25.1 Å². The van der Waals surface area contributed by atoms with Gasteiger partial charge in [-0.15, -0.1) is 0 Å². The number of hydrogen-bond acceptors (Lipinski definition) is 3. The maximum absolute atomic E-state index is 11.5. The normalized spacial score (nSPS) is 13.9. The molecule has 0 unspecified atom stereocenters. The van der Waals surface area contributed by atoms with Gasteiger partial charge in [-0.25, -0.2) is 0 Å². The second kappa shape index (κ2) is 6.02. The lowest BCUT2D eigenvalue weighted by molar-refractivity contribution is -0.122. The smallest absolute Gasteiger partial charge is 0.223 e. The molecule has 1 saturated carbocycles. The minimum absolute atomic E-state index is 0.167. The lowest BCUT2D eigenvalue weighted by atomic mass is 10.1. The van der Waals surface area contributed by atoms with E-state index in [9.17, 15) is 4.79 Å². The van der Waals surface area contributed by atoms with Crippen molar-refractivity contribution in [1.82, 2.24) is 5.32 Å². The van der Waals surface area contributed by atoms with Crippen molar-refractivity contribution in [3.05, 3.63) is 29.3 Å². The van der Waals surface area contributed by atoms with Crippen molar-refractivity contribution in [3.63, 3.8) is 0 Å². The molecule has 0 heterocycles. The molecule has 102 valence electrons. The summed E-state index contributed by atoms with van der Waals surface area (Å²) < 4.78 is 0. The Morgan fingerprint density at radius 1 is 1.42 bits per heavy atom. The van der Waals surface area contributed by atoms with Crippen LogP contribution in [0.5, 0.6) is 0 Å². The molecule has 4 N–H and O–H groups in total. The third kappa shape index (κ3) is 3.92. The van der Waals surface area contributed by atoms with Crippen molar-refractivity contribution in [2.75, 3.05) is 18.4 Å². The number of carbonyl (C=O) groups is 1. The van der Waals surface area contributed by atoms with Gasteiger partial charge in [-0.05, 0) is 37.5 Å². The fraction of sp³-hybridized carbons (Fsp3) is 0.429. The highest BCUT2D eigenvalue weighted by Crippen LogP contribution is 2.28. The predicted molar refractivity (Wildman–Crippen MR) is 81.3 cm³/mol. The summed E-state index contributed by atoms with van der Waals surface area (Å²) >= 11 is 5.02. The molecule has 1 aliphatic rings. The van der Waals surface area contributed by atoms with Crippen molar-refractivity contribution in [1.29, 1.82) is 0 Å². The van der Waals surface area contributed by atoms with E-state index in [4.69, 9.17) is 18.0 Å². The van der Waals surface area contributed by atoms with Gasteiger partial charge in [0.25, 0.3) is 0 Å². The van der Waals surface area contributed by atoms with Gasteiger partial charge in [0.1, 0.15) is 4.99 Å². The summed E-state index contributed by atoms with van der Waals surface area (Å²) in [6.07, 6.45) is 2.06. The molecule has 2 rings (SSSR count). The van der Waals surface area contributed by atoms with Gasteiger partial charge in [-0.3, -0.25) is 4.79 Å². The fourth-order valence-electron chi connectivity index (χ4n) is 1.89. The van der Waals surface area contributed by atoms with E-state index >= 15 is 0 Å². The first-order valence-electron chi connectivity index (χ1n) is 6.50. The molecule has 0 radical (unpaired) electrons. The molecule has 0 spiro atoms. The zero-order chi connectivity index (χ0) is 13.8. The number of amides is 1. The average molecular weight is 277 g/mol. The monoisotopic (exact) mass is 277 g/mol. The second-order valence-electron chi connectivity index (χ2n) is 4.91. The van der Waals surface area contributed by atoms with Gasteiger partial charge in [0.2, 0.25) is 5.91 Å². The molecule has 1 aromatic carbocycles. The van der Waals surface area contributed by atoms with Crippen molar-refractivity contribution in [2.45, 2.75) is 19.8 Å². The van der Waals surface area contributed by atoms with Crippen LogP contribution >= 0.6 is 12.2 Å². The number of anilines is 1. The summed E-state index contributed by atoms with van der Waals surface area (Å²) in [5, 5.41) is 6.18. The number of nitrogens with one attached hydrogen (secondary N) is 2. The summed E-state index contributed by atoms with van der Waals surface area (Å²) in [5.74, 6) is 0.423. The first kappa shape index (κ1) is 13.8. The third-order valence-electron chi connectivity index (χ3n) is 3.13. The Bertz CT molecular complexity index is 497. The standard InChI is InChI=1S/C14H19N3OS/c1-9-2-5-11(13(15)19)12(8-9)16-6-7-17-14(18)10-3-4-10/h2,5,8,10,16H,3-4,6-7H2,1H3,(H2,15,19)(H,17,18). The van der Waals surface area contributed by atoms with Gasteiger partial charge in [0, 0.05) is 30.3 Å². The Morgan fingerprint density at radius 3 is 2.79 bits per heavy atom. The minimum atomic E-state index is 0.167. The number of hydrogen-bond donors (Lipinski definition) is 3. The Hall–Kier alpha value is -1.62. The summed E-state index contributed by atoms with van der Waals surface area (Å²) in [5.41, 5.74) is 8.60. The van der Waals surface area contributed by atoms with Crippen molar-refractivity contribution in [2.24, 2.45) is 11.7 Å². The maximum atomic E-state index is 11.5. The molecule has 1 amide bonds. The Morgan fingerprint density at radius 2 is 2.16 bits per heavy atom. The zero-order valence-electron chi connectivity index (χ0n) is 11.0. The molecule has 0 aliphatic heterocycles. The van der Waals surface area contributed by atoms with Gasteiger partial charge in [-0.2, -0.15) is 0 Å². The first-order chi connectivity index (χ1) is 9.08. The van der Waals surface area contributed by atoms with Crippen LogP contribution in [0.3, 0.4) is 0 Å². The molecule has 0 aromatic heterocycles. The molecule has 0 bridgehead atoms. The van der Waals surface area contributed by atoms with E-state index < -0.39 is 0 Å². The predicted octanol–water partition coefficient (Wildman–Crippen LogP) is 1.57. The number of aryl methyl sites for hydroxylation is 1. The molecular formula is C14H19N3OS. The molecule has 1 fully saturated rings. The van der Waals surface area contributed by atoms with E-state index in [-0.39, 0.29) is 11.8 Å². The first-order valence-corrected chi connectivity index (χ1v) is 6.91. The Balaban J connectivity index is 1.85. The molecule has 19 heavy (non-hydrogen) atoms.